The van der Waals surface area contributed by atoms with Crippen LogP contribution in [0.3, 0.4) is 0 Å². The summed E-state index contributed by atoms with van der Waals surface area (Å²) in [6, 6.07) is 7.96. The maximum Gasteiger partial charge on any atom is 0.123 e. The molecule has 0 saturated carbocycles. The van der Waals surface area contributed by atoms with Crippen LogP contribution in [0.4, 0.5) is 0 Å². The van der Waals surface area contributed by atoms with E-state index in [9.17, 15) is 5.11 Å². The van der Waals surface area contributed by atoms with Gasteiger partial charge in [0.05, 0.1) is 19.9 Å². The Hall–Kier alpha value is -1.85. The maximum atomic E-state index is 9.23. The van der Waals surface area contributed by atoms with Gasteiger partial charge in [-0.05, 0) is 6.07 Å². The summed E-state index contributed by atoms with van der Waals surface area (Å²) in [5, 5.41) is 13.4. The van der Waals surface area contributed by atoms with E-state index in [2.05, 4.69) is 10.00 Å². The third-order valence-corrected chi connectivity index (χ3v) is 3.17. The van der Waals surface area contributed by atoms with Crippen LogP contribution in [0.15, 0.2) is 36.7 Å². The summed E-state index contributed by atoms with van der Waals surface area (Å²) < 4.78 is 7.16. The molecule has 0 unspecified atom stereocenters. The maximum absolute atomic E-state index is 9.23. The second-order valence-electron chi connectivity index (χ2n) is 4.77. The molecule has 2 rings (SSSR count). The second-order valence-corrected chi connectivity index (χ2v) is 4.77. The second kappa shape index (κ2) is 7.07. The van der Waals surface area contributed by atoms with E-state index in [0.717, 1.165) is 30.0 Å². The molecule has 1 aromatic heterocycles. The predicted molar refractivity (Wildman–Crippen MR) is 77.4 cm³/mol. The van der Waals surface area contributed by atoms with Crippen molar-refractivity contribution in [2.24, 2.45) is 7.05 Å². The molecule has 0 aliphatic rings. The van der Waals surface area contributed by atoms with Crippen molar-refractivity contribution in [2.45, 2.75) is 13.1 Å². The molecule has 0 amide bonds. The lowest BCUT2D eigenvalue weighted by atomic mass is 10.1. The van der Waals surface area contributed by atoms with E-state index in [0.29, 0.717) is 6.54 Å². The Kier molecular flexibility index (Phi) is 5.15. The lowest BCUT2D eigenvalue weighted by Crippen LogP contribution is -2.26. The number of aliphatic hydroxyl groups excluding tert-OH is 1. The fraction of sp³-hybridized carbons (Fsp3) is 0.400. The minimum Gasteiger partial charge on any atom is -0.496 e. The molecule has 0 bridgehead atoms. The number of aromatic nitrogens is 2. The van der Waals surface area contributed by atoms with Crippen LogP contribution < -0.4 is 4.74 Å². The van der Waals surface area contributed by atoms with Gasteiger partial charge in [0.15, 0.2) is 0 Å². The van der Waals surface area contributed by atoms with Gasteiger partial charge in [-0.1, -0.05) is 18.2 Å². The first kappa shape index (κ1) is 14.6. The van der Waals surface area contributed by atoms with E-state index in [1.54, 1.807) is 11.8 Å². The van der Waals surface area contributed by atoms with Crippen molar-refractivity contribution >= 4 is 0 Å². The smallest absolute Gasteiger partial charge is 0.123 e. The molecule has 1 aromatic carbocycles. The minimum absolute atomic E-state index is 0.134. The highest BCUT2D eigenvalue weighted by Gasteiger charge is 2.10. The van der Waals surface area contributed by atoms with E-state index in [1.165, 1.54) is 0 Å². The molecule has 0 aliphatic heterocycles. The standard InChI is InChI=1S/C15H21N3O2/c1-17-10-13(9-16-17)11-18(7-8-19)12-14-5-3-4-6-15(14)20-2/h3-6,9-10,19H,7-8,11-12H2,1-2H3. The van der Waals surface area contributed by atoms with Crippen LogP contribution in [-0.4, -0.2) is 40.0 Å². The molecule has 0 fully saturated rings. The largest absolute Gasteiger partial charge is 0.496 e. The number of nitrogens with zero attached hydrogens (tertiary/aromatic N) is 3. The normalized spacial score (nSPS) is 11.0. The van der Waals surface area contributed by atoms with Crippen LogP contribution >= 0.6 is 0 Å². The summed E-state index contributed by atoms with van der Waals surface area (Å²) >= 11 is 0. The van der Waals surface area contributed by atoms with Crippen molar-refractivity contribution in [2.75, 3.05) is 20.3 Å². The molecule has 0 spiro atoms. The number of hydrogen-bond acceptors (Lipinski definition) is 4. The molecular weight excluding hydrogens is 254 g/mol. The van der Waals surface area contributed by atoms with Crippen molar-refractivity contribution in [3.05, 3.63) is 47.8 Å². The Bertz CT molecular complexity index is 539. The Morgan fingerprint density at radius 2 is 2.10 bits per heavy atom. The average Bonchev–Trinajstić information content (AvgIpc) is 2.85. The van der Waals surface area contributed by atoms with Gasteiger partial charge in [0.1, 0.15) is 5.75 Å². The summed E-state index contributed by atoms with van der Waals surface area (Å²) in [5.74, 6) is 0.877. The van der Waals surface area contributed by atoms with Crippen LogP contribution in [0.2, 0.25) is 0 Å². The third-order valence-electron chi connectivity index (χ3n) is 3.17. The summed E-state index contributed by atoms with van der Waals surface area (Å²) in [6.45, 7) is 2.24. The Morgan fingerprint density at radius 3 is 2.75 bits per heavy atom. The minimum atomic E-state index is 0.134. The van der Waals surface area contributed by atoms with Crippen molar-refractivity contribution in [3.63, 3.8) is 0 Å². The Labute approximate surface area is 119 Å². The molecule has 108 valence electrons. The van der Waals surface area contributed by atoms with Gasteiger partial charge in [-0.25, -0.2) is 0 Å². The molecule has 5 heteroatoms. The van der Waals surface area contributed by atoms with Crippen molar-refractivity contribution in [3.8, 4) is 5.75 Å². The van der Waals surface area contributed by atoms with Gasteiger partial charge in [0.25, 0.3) is 0 Å². The summed E-state index contributed by atoms with van der Waals surface area (Å²) in [7, 11) is 3.58. The van der Waals surface area contributed by atoms with Gasteiger partial charge < -0.3 is 9.84 Å². The molecule has 0 radical (unpaired) electrons. The molecule has 1 N–H and O–H groups in total. The molecular formula is C15H21N3O2. The molecule has 0 saturated heterocycles. The number of rotatable bonds is 7. The van der Waals surface area contributed by atoms with Crippen molar-refractivity contribution in [1.29, 1.82) is 0 Å². The fourth-order valence-corrected chi connectivity index (χ4v) is 2.24. The number of ether oxygens (including phenoxy) is 1. The van der Waals surface area contributed by atoms with E-state index in [4.69, 9.17) is 4.74 Å². The Balaban J connectivity index is 2.08. The van der Waals surface area contributed by atoms with Gasteiger partial charge in [-0.3, -0.25) is 9.58 Å². The highest BCUT2D eigenvalue weighted by Crippen LogP contribution is 2.20. The number of methoxy groups -OCH3 is 1. The number of aryl methyl sites for hydroxylation is 1. The molecule has 20 heavy (non-hydrogen) atoms. The van der Waals surface area contributed by atoms with E-state index >= 15 is 0 Å². The number of hydrogen-bond donors (Lipinski definition) is 1. The number of para-hydroxylation sites is 1. The van der Waals surface area contributed by atoms with Gasteiger partial charge in [0.2, 0.25) is 0 Å². The van der Waals surface area contributed by atoms with Crippen LogP contribution in [0.1, 0.15) is 11.1 Å². The predicted octanol–water partition coefficient (Wildman–Crippen LogP) is 1.42. The topological polar surface area (TPSA) is 50.5 Å². The fourth-order valence-electron chi connectivity index (χ4n) is 2.24. The summed E-state index contributed by atoms with van der Waals surface area (Å²) in [4.78, 5) is 2.18. The van der Waals surface area contributed by atoms with Gasteiger partial charge in [-0.2, -0.15) is 5.10 Å². The van der Waals surface area contributed by atoms with Gasteiger partial charge in [-0.15, -0.1) is 0 Å². The zero-order chi connectivity index (χ0) is 14.4. The SMILES string of the molecule is COc1ccccc1CN(CCO)Cc1cnn(C)c1. The zero-order valence-corrected chi connectivity index (χ0v) is 12.0. The lowest BCUT2D eigenvalue weighted by molar-refractivity contribution is 0.183. The first-order valence-corrected chi connectivity index (χ1v) is 6.65. The highest BCUT2D eigenvalue weighted by molar-refractivity contribution is 5.33. The van der Waals surface area contributed by atoms with Crippen LogP contribution in [-0.2, 0) is 20.1 Å². The third kappa shape index (κ3) is 3.82. The lowest BCUT2D eigenvalue weighted by Gasteiger charge is -2.21. The number of aliphatic hydroxyl groups is 1. The highest BCUT2D eigenvalue weighted by atomic mass is 16.5. The first-order chi connectivity index (χ1) is 9.72. The van der Waals surface area contributed by atoms with Crippen LogP contribution in [0.5, 0.6) is 5.75 Å². The summed E-state index contributed by atoms with van der Waals surface area (Å²) in [5.41, 5.74) is 2.25. The first-order valence-electron chi connectivity index (χ1n) is 6.65. The zero-order valence-electron chi connectivity index (χ0n) is 12.0. The van der Waals surface area contributed by atoms with Gasteiger partial charge >= 0.3 is 0 Å². The molecule has 1 heterocycles. The van der Waals surface area contributed by atoms with Crippen LogP contribution in [0.25, 0.3) is 0 Å². The summed E-state index contributed by atoms with van der Waals surface area (Å²) in [6.07, 6.45) is 3.85. The monoisotopic (exact) mass is 275 g/mol. The quantitative estimate of drug-likeness (QED) is 0.830. The molecule has 0 aliphatic carbocycles. The average molecular weight is 275 g/mol. The van der Waals surface area contributed by atoms with Gasteiger partial charge in [0, 0.05) is 44.0 Å². The van der Waals surface area contributed by atoms with Crippen LogP contribution in [0, 0.1) is 0 Å². The van der Waals surface area contributed by atoms with Crippen molar-refractivity contribution in [1.82, 2.24) is 14.7 Å². The van der Waals surface area contributed by atoms with Crippen molar-refractivity contribution < 1.29 is 9.84 Å². The van der Waals surface area contributed by atoms with E-state index in [-0.39, 0.29) is 6.61 Å². The Morgan fingerprint density at radius 1 is 1.30 bits per heavy atom. The molecule has 5 nitrogen and oxygen atoms in total. The van der Waals surface area contributed by atoms with E-state index in [1.807, 2.05) is 43.7 Å². The molecule has 0 atom stereocenters. The van der Waals surface area contributed by atoms with E-state index < -0.39 is 0 Å². The molecule has 2 aromatic rings. The number of benzene rings is 1.